The second kappa shape index (κ2) is 3.73. The summed E-state index contributed by atoms with van der Waals surface area (Å²) in [5.41, 5.74) is 0.346. The first-order valence-corrected chi connectivity index (χ1v) is 6.26. The van der Waals surface area contributed by atoms with Crippen molar-refractivity contribution in [2.75, 3.05) is 13.1 Å². The summed E-state index contributed by atoms with van der Waals surface area (Å²) in [7, 11) is 0. The van der Waals surface area contributed by atoms with Gasteiger partial charge in [-0.3, -0.25) is 4.79 Å². The van der Waals surface area contributed by atoms with Crippen molar-refractivity contribution in [2.45, 2.75) is 52.6 Å². The van der Waals surface area contributed by atoms with E-state index in [-0.39, 0.29) is 22.8 Å². The molecule has 2 rings (SSSR count). The maximum atomic E-state index is 12.0. The molecule has 3 nitrogen and oxygen atoms in total. The van der Waals surface area contributed by atoms with Crippen LogP contribution in [0.3, 0.4) is 0 Å². The lowest BCUT2D eigenvalue weighted by atomic mass is 9.66. The van der Waals surface area contributed by atoms with Crippen molar-refractivity contribution in [3.05, 3.63) is 0 Å². The summed E-state index contributed by atoms with van der Waals surface area (Å²) < 4.78 is 0. The maximum absolute atomic E-state index is 12.0. The Kier molecular flexibility index (Phi) is 2.77. The molecule has 0 unspecified atom stereocenters. The molecule has 1 N–H and O–H groups in total. The fraction of sp³-hybridized carbons (Fsp3) is 0.923. The van der Waals surface area contributed by atoms with E-state index in [2.05, 4.69) is 20.8 Å². The zero-order valence-electron chi connectivity index (χ0n) is 10.6. The Morgan fingerprint density at radius 3 is 2.56 bits per heavy atom. The Labute approximate surface area is 97.8 Å². The van der Waals surface area contributed by atoms with Crippen molar-refractivity contribution in [3.63, 3.8) is 0 Å². The quantitative estimate of drug-likeness (QED) is 0.739. The molecule has 92 valence electrons. The van der Waals surface area contributed by atoms with E-state index in [1.165, 1.54) is 0 Å². The van der Waals surface area contributed by atoms with Crippen LogP contribution in [-0.2, 0) is 4.79 Å². The van der Waals surface area contributed by atoms with Crippen LogP contribution in [0.15, 0.2) is 0 Å². The topological polar surface area (TPSA) is 40.5 Å². The van der Waals surface area contributed by atoms with E-state index >= 15 is 0 Å². The van der Waals surface area contributed by atoms with E-state index in [1.807, 2.05) is 4.90 Å². The molecular formula is C13H23NO2. The van der Waals surface area contributed by atoms with Gasteiger partial charge in [0, 0.05) is 19.5 Å². The molecule has 2 fully saturated rings. The number of carbonyl (C=O) groups excluding carboxylic acids is 1. The molecule has 1 heterocycles. The largest absolute Gasteiger partial charge is 0.393 e. The Balaban J connectivity index is 1.87. The molecule has 2 aliphatic rings. The highest BCUT2D eigenvalue weighted by molar-refractivity contribution is 5.77. The Morgan fingerprint density at radius 1 is 1.44 bits per heavy atom. The summed E-state index contributed by atoms with van der Waals surface area (Å²) in [6, 6.07) is 0. The zero-order valence-corrected chi connectivity index (χ0v) is 10.6. The maximum Gasteiger partial charge on any atom is 0.223 e. The second-order valence-electron chi connectivity index (χ2n) is 6.86. The molecule has 0 aromatic rings. The lowest BCUT2D eigenvalue weighted by Crippen LogP contribution is -2.44. The number of hydrogen-bond acceptors (Lipinski definition) is 2. The number of carbonyl (C=O) groups is 1. The SMILES string of the molecule is CC(C)(C)CC(=O)N1CCC2(CC(O)C2)C1. The average molecular weight is 225 g/mol. The van der Waals surface area contributed by atoms with Gasteiger partial charge < -0.3 is 10.0 Å². The van der Waals surface area contributed by atoms with Crippen molar-refractivity contribution >= 4 is 5.91 Å². The third-order valence-electron chi connectivity index (χ3n) is 3.81. The zero-order chi connectivity index (χ0) is 12.0. The number of hydrogen-bond donors (Lipinski definition) is 1. The number of aliphatic hydroxyl groups is 1. The molecule has 0 atom stereocenters. The van der Waals surface area contributed by atoms with E-state index in [9.17, 15) is 9.90 Å². The van der Waals surface area contributed by atoms with Crippen LogP contribution < -0.4 is 0 Å². The van der Waals surface area contributed by atoms with Gasteiger partial charge in [0.15, 0.2) is 0 Å². The number of amides is 1. The first kappa shape index (κ1) is 11.9. The summed E-state index contributed by atoms with van der Waals surface area (Å²) in [4.78, 5) is 14.0. The first-order chi connectivity index (χ1) is 7.30. The minimum Gasteiger partial charge on any atom is -0.393 e. The van der Waals surface area contributed by atoms with Gasteiger partial charge in [-0.15, -0.1) is 0 Å². The van der Waals surface area contributed by atoms with Gasteiger partial charge in [-0.1, -0.05) is 20.8 Å². The highest BCUT2D eigenvalue weighted by Crippen LogP contribution is 2.48. The van der Waals surface area contributed by atoms with Crippen molar-refractivity contribution in [3.8, 4) is 0 Å². The number of aliphatic hydroxyl groups excluding tert-OH is 1. The second-order valence-corrected chi connectivity index (χ2v) is 6.86. The first-order valence-electron chi connectivity index (χ1n) is 6.26. The van der Waals surface area contributed by atoms with Crippen LogP contribution in [0.2, 0.25) is 0 Å². The van der Waals surface area contributed by atoms with Crippen LogP contribution in [0.4, 0.5) is 0 Å². The van der Waals surface area contributed by atoms with Gasteiger partial charge >= 0.3 is 0 Å². The minimum absolute atomic E-state index is 0.0754. The lowest BCUT2D eigenvalue weighted by molar-refractivity contribution is -0.133. The standard InChI is InChI=1S/C13H23NO2/c1-12(2,3)8-11(16)14-5-4-13(9-14)6-10(15)7-13/h10,15H,4-9H2,1-3H3. The van der Waals surface area contributed by atoms with Gasteiger partial charge in [0.1, 0.15) is 0 Å². The summed E-state index contributed by atoms with van der Waals surface area (Å²) in [6.07, 6.45) is 3.39. The summed E-state index contributed by atoms with van der Waals surface area (Å²) in [6.45, 7) is 8.07. The molecule has 0 aromatic carbocycles. The molecule has 16 heavy (non-hydrogen) atoms. The fourth-order valence-corrected chi connectivity index (χ4v) is 2.99. The normalized spacial score (nSPS) is 34.2. The molecule has 0 radical (unpaired) electrons. The van der Waals surface area contributed by atoms with E-state index in [0.29, 0.717) is 6.42 Å². The molecule has 1 spiro atoms. The van der Waals surface area contributed by atoms with Gasteiger partial charge in [0.25, 0.3) is 0 Å². The van der Waals surface area contributed by atoms with Gasteiger partial charge in [-0.05, 0) is 30.1 Å². The van der Waals surface area contributed by atoms with Crippen molar-refractivity contribution in [1.82, 2.24) is 4.90 Å². The predicted molar refractivity (Wildman–Crippen MR) is 62.9 cm³/mol. The third-order valence-corrected chi connectivity index (χ3v) is 3.81. The van der Waals surface area contributed by atoms with Crippen molar-refractivity contribution < 1.29 is 9.90 Å². The molecular weight excluding hydrogens is 202 g/mol. The highest BCUT2D eigenvalue weighted by atomic mass is 16.3. The molecule has 1 aliphatic heterocycles. The lowest BCUT2D eigenvalue weighted by Gasteiger charge is -2.42. The number of nitrogens with zero attached hydrogens (tertiary/aromatic N) is 1. The number of likely N-dealkylation sites (tertiary alicyclic amines) is 1. The highest BCUT2D eigenvalue weighted by Gasteiger charge is 2.48. The van der Waals surface area contributed by atoms with Crippen LogP contribution in [0.5, 0.6) is 0 Å². The number of rotatable bonds is 1. The Bertz CT molecular complexity index is 287. The average Bonchev–Trinajstić information content (AvgIpc) is 2.45. The van der Waals surface area contributed by atoms with Crippen molar-refractivity contribution in [1.29, 1.82) is 0 Å². The molecule has 1 aliphatic carbocycles. The van der Waals surface area contributed by atoms with Crippen LogP contribution >= 0.6 is 0 Å². The van der Waals surface area contributed by atoms with Crippen LogP contribution in [0.1, 0.15) is 46.5 Å². The Morgan fingerprint density at radius 2 is 2.06 bits per heavy atom. The predicted octanol–water partition coefficient (Wildman–Crippen LogP) is 1.80. The van der Waals surface area contributed by atoms with Gasteiger partial charge in [0.05, 0.1) is 6.10 Å². The third kappa shape index (κ3) is 2.40. The molecule has 1 amide bonds. The fourth-order valence-electron chi connectivity index (χ4n) is 2.99. The molecule has 1 saturated heterocycles. The van der Waals surface area contributed by atoms with Crippen LogP contribution in [-0.4, -0.2) is 35.1 Å². The van der Waals surface area contributed by atoms with E-state index in [4.69, 9.17) is 0 Å². The van der Waals surface area contributed by atoms with Crippen molar-refractivity contribution in [2.24, 2.45) is 10.8 Å². The van der Waals surface area contributed by atoms with Gasteiger partial charge in [-0.2, -0.15) is 0 Å². The van der Waals surface area contributed by atoms with Gasteiger partial charge in [-0.25, -0.2) is 0 Å². The minimum atomic E-state index is -0.113. The van der Waals surface area contributed by atoms with Gasteiger partial charge in [0.2, 0.25) is 5.91 Å². The summed E-state index contributed by atoms with van der Waals surface area (Å²) >= 11 is 0. The molecule has 3 heteroatoms. The van der Waals surface area contributed by atoms with E-state index in [0.717, 1.165) is 32.4 Å². The smallest absolute Gasteiger partial charge is 0.223 e. The van der Waals surface area contributed by atoms with Crippen LogP contribution in [0.25, 0.3) is 0 Å². The summed E-state index contributed by atoms with van der Waals surface area (Å²) in [5, 5.41) is 9.38. The molecule has 1 saturated carbocycles. The van der Waals surface area contributed by atoms with E-state index in [1.54, 1.807) is 0 Å². The molecule has 0 aromatic heterocycles. The van der Waals surface area contributed by atoms with E-state index < -0.39 is 0 Å². The Hall–Kier alpha value is -0.570. The summed E-state index contributed by atoms with van der Waals surface area (Å²) in [5.74, 6) is 0.283. The molecule has 0 bridgehead atoms. The monoisotopic (exact) mass is 225 g/mol. The van der Waals surface area contributed by atoms with Crippen LogP contribution in [0, 0.1) is 10.8 Å².